The lowest BCUT2D eigenvalue weighted by Gasteiger charge is -2.24. The molecule has 1 aliphatic carbocycles. The summed E-state index contributed by atoms with van der Waals surface area (Å²) in [6, 6.07) is 11.0. The Balaban J connectivity index is 1.26. The van der Waals surface area contributed by atoms with Crippen molar-refractivity contribution in [2.24, 2.45) is 5.92 Å². The predicted octanol–water partition coefficient (Wildman–Crippen LogP) is 0.310. The zero-order valence-corrected chi connectivity index (χ0v) is 19.0. The second-order valence-corrected chi connectivity index (χ2v) is 9.09. The normalized spacial score (nSPS) is 21.4. The molecule has 2 aromatic rings. The Kier molecular flexibility index (Phi) is 6.07. The van der Waals surface area contributed by atoms with Crippen LogP contribution in [0.25, 0.3) is 0 Å². The lowest BCUT2D eigenvalue weighted by Crippen LogP contribution is -2.35. The van der Waals surface area contributed by atoms with E-state index >= 15 is 0 Å². The minimum atomic E-state index is -1.75. The number of aliphatic hydroxyl groups is 5. The number of aliphatic hydroxyl groups excluding tert-OH is 3. The Hall–Kier alpha value is -3.67. The number of carbonyl (C=O) groups excluding carboxylic acids is 3. The van der Waals surface area contributed by atoms with Crippen LogP contribution in [-0.2, 0) is 17.9 Å². The molecule has 2 heterocycles. The minimum absolute atomic E-state index is 0.0157. The SMILES string of the molecule is O=C1c2ccc(C(O)O)cc2C(=O)N1Cc1ccc(CN2C(=O)C3=CC=C(C(O)O)CC3C2O)cc1. The van der Waals surface area contributed by atoms with Gasteiger partial charge in [-0.1, -0.05) is 42.5 Å². The topological polar surface area (TPSA) is 159 Å². The molecular formula is C26H24N2O8. The average molecular weight is 492 g/mol. The molecule has 0 saturated carbocycles. The summed E-state index contributed by atoms with van der Waals surface area (Å²) in [6.07, 6.45) is -1.32. The fourth-order valence-corrected chi connectivity index (χ4v) is 4.85. The first-order chi connectivity index (χ1) is 17.2. The Labute approximate surface area is 205 Å². The summed E-state index contributed by atoms with van der Waals surface area (Å²) in [5, 5.41) is 48.2. The van der Waals surface area contributed by atoms with E-state index in [1.807, 2.05) is 0 Å². The van der Waals surface area contributed by atoms with E-state index in [1.54, 1.807) is 24.3 Å². The standard InChI is InChI=1S/C26H24N2O8/c29-21-17-7-5-15(25(33)34)9-19(17)23(31)27(21)11-13-1-2-14(4-3-13)12-28-22(30)18-8-6-16(26(35)36)10-20(18)24(28)32/h1-9,20,24-26,32-36H,10-12H2. The Morgan fingerprint density at radius 1 is 0.778 bits per heavy atom. The van der Waals surface area contributed by atoms with Gasteiger partial charge in [0.1, 0.15) is 6.23 Å². The number of allylic oxidation sites excluding steroid dienone is 2. The van der Waals surface area contributed by atoms with Crippen molar-refractivity contribution >= 4 is 17.7 Å². The van der Waals surface area contributed by atoms with E-state index in [-0.39, 0.29) is 42.1 Å². The molecule has 0 aromatic heterocycles. The first kappa shape index (κ1) is 24.0. The molecule has 1 saturated heterocycles. The highest BCUT2D eigenvalue weighted by Crippen LogP contribution is 2.38. The number of amides is 3. The quantitative estimate of drug-likeness (QED) is 0.285. The van der Waals surface area contributed by atoms with Crippen LogP contribution in [0.15, 0.2) is 65.8 Å². The average Bonchev–Trinajstić information content (AvgIpc) is 3.24. The van der Waals surface area contributed by atoms with Gasteiger partial charge in [0.15, 0.2) is 12.6 Å². The summed E-state index contributed by atoms with van der Waals surface area (Å²) in [5.41, 5.74) is 2.59. The molecule has 36 heavy (non-hydrogen) atoms. The van der Waals surface area contributed by atoms with Crippen LogP contribution < -0.4 is 0 Å². The lowest BCUT2D eigenvalue weighted by molar-refractivity contribution is -0.132. The maximum atomic E-state index is 12.8. The van der Waals surface area contributed by atoms with Crippen LogP contribution >= 0.6 is 0 Å². The molecule has 2 aromatic carbocycles. The monoisotopic (exact) mass is 492 g/mol. The van der Waals surface area contributed by atoms with E-state index in [0.29, 0.717) is 16.7 Å². The van der Waals surface area contributed by atoms with Crippen LogP contribution in [0.5, 0.6) is 0 Å². The number of imide groups is 1. The summed E-state index contributed by atoms with van der Waals surface area (Å²) < 4.78 is 0. The van der Waals surface area contributed by atoms with Gasteiger partial charge < -0.3 is 30.4 Å². The fourth-order valence-electron chi connectivity index (χ4n) is 4.85. The molecule has 1 fully saturated rings. The zero-order chi connectivity index (χ0) is 25.7. The summed E-state index contributed by atoms with van der Waals surface area (Å²) in [4.78, 5) is 40.7. The largest absolute Gasteiger partial charge is 0.373 e. The van der Waals surface area contributed by atoms with Gasteiger partial charge in [-0.15, -0.1) is 0 Å². The van der Waals surface area contributed by atoms with E-state index in [0.717, 1.165) is 10.5 Å². The van der Waals surface area contributed by atoms with Crippen molar-refractivity contribution in [2.75, 3.05) is 0 Å². The van der Waals surface area contributed by atoms with Crippen molar-refractivity contribution in [3.63, 3.8) is 0 Å². The van der Waals surface area contributed by atoms with E-state index in [1.165, 1.54) is 35.3 Å². The smallest absolute Gasteiger partial charge is 0.261 e. The van der Waals surface area contributed by atoms with Crippen LogP contribution in [0.4, 0.5) is 0 Å². The van der Waals surface area contributed by atoms with Crippen molar-refractivity contribution in [3.8, 4) is 0 Å². The fraction of sp³-hybridized carbons (Fsp3) is 0.269. The van der Waals surface area contributed by atoms with Crippen LogP contribution in [0.2, 0.25) is 0 Å². The van der Waals surface area contributed by atoms with Gasteiger partial charge in [-0.25, -0.2) is 0 Å². The second kappa shape index (κ2) is 9.08. The first-order valence-corrected chi connectivity index (χ1v) is 11.4. The number of benzene rings is 2. The van der Waals surface area contributed by atoms with Gasteiger partial charge in [-0.2, -0.15) is 0 Å². The molecule has 3 aliphatic rings. The molecule has 0 bridgehead atoms. The number of nitrogens with zero attached hydrogens (tertiary/aromatic N) is 2. The zero-order valence-electron chi connectivity index (χ0n) is 19.0. The van der Waals surface area contributed by atoms with Crippen molar-refractivity contribution in [1.82, 2.24) is 9.80 Å². The summed E-state index contributed by atoms with van der Waals surface area (Å²) in [7, 11) is 0. The predicted molar refractivity (Wildman–Crippen MR) is 123 cm³/mol. The van der Waals surface area contributed by atoms with E-state index in [9.17, 15) is 39.9 Å². The third kappa shape index (κ3) is 4.04. The van der Waals surface area contributed by atoms with Crippen LogP contribution in [0, 0.1) is 5.92 Å². The third-order valence-electron chi connectivity index (χ3n) is 6.86. The molecule has 2 unspecified atom stereocenters. The van der Waals surface area contributed by atoms with E-state index < -0.39 is 36.5 Å². The van der Waals surface area contributed by atoms with Gasteiger partial charge in [-0.05, 0) is 35.3 Å². The maximum Gasteiger partial charge on any atom is 0.261 e. The number of hydrogen-bond donors (Lipinski definition) is 5. The molecular weight excluding hydrogens is 468 g/mol. The second-order valence-electron chi connectivity index (χ2n) is 9.09. The number of carbonyl (C=O) groups is 3. The van der Waals surface area contributed by atoms with Crippen molar-refractivity contribution in [1.29, 1.82) is 0 Å². The highest BCUT2D eigenvalue weighted by molar-refractivity contribution is 6.21. The summed E-state index contributed by atoms with van der Waals surface area (Å²) in [6.45, 7) is 0.145. The van der Waals surface area contributed by atoms with Gasteiger partial charge in [0.25, 0.3) is 17.7 Å². The van der Waals surface area contributed by atoms with Crippen molar-refractivity contribution in [2.45, 2.75) is 38.3 Å². The summed E-state index contributed by atoms with van der Waals surface area (Å²) in [5.74, 6) is -1.86. The number of fused-ring (bicyclic) bond motifs is 2. The number of hydrogen-bond acceptors (Lipinski definition) is 8. The first-order valence-electron chi connectivity index (χ1n) is 11.4. The highest BCUT2D eigenvalue weighted by Gasteiger charge is 2.44. The molecule has 10 nitrogen and oxygen atoms in total. The van der Waals surface area contributed by atoms with Gasteiger partial charge in [-0.3, -0.25) is 19.3 Å². The maximum absolute atomic E-state index is 12.8. The van der Waals surface area contributed by atoms with Gasteiger partial charge in [0.05, 0.1) is 17.7 Å². The van der Waals surface area contributed by atoms with Gasteiger partial charge in [0, 0.05) is 23.6 Å². The molecule has 3 amide bonds. The van der Waals surface area contributed by atoms with Crippen LogP contribution in [-0.4, -0.2) is 65.6 Å². The number of likely N-dealkylation sites (tertiary alicyclic amines) is 1. The molecule has 186 valence electrons. The molecule has 2 atom stereocenters. The van der Waals surface area contributed by atoms with Crippen molar-refractivity contribution < 1.29 is 39.9 Å². The van der Waals surface area contributed by atoms with Crippen LogP contribution in [0.3, 0.4) is 0 Å². The molecule has 10 heteroatoms. The molecule has 2 aliphatic heterocycles. The Bertz CT molecular complexity index is 1310. The summed E-state index contributed by atoms with van der Waals surface area (Å²) >= 11 is 0. The van der Waals surface area contributed by atoms with Crippen LogP contribution in [0.1, 0.15) is 50.1 Å². The molecule has 0 radical (unpaired) electrons. The third-order valence-corrected chi connectivity index (χ3v) is 6.86. The molecule has 5 rings (SSSR count). The Morgan fingerprint density at radius 2 is 1.42 bits per heavy atom. The molecule has 5 N–H and O–H groups in total. The highest BCUT2D eigenvalue weighted by atomic mass is 16.5. The van der Waals surface area contributed by atoms with E-state index in [4.69, 9.17) is 0 Å². The number of rotatable bonds is 6. The van der Waals surface area contributed by atoms with Crippen molar-refractivity contribution in [3.05, 3.63) is 93.6 Å². The van der Waals surface area contributed by atoms with Gasteiger partial charge >= 0.3 is 0 Å². The molecule has 0 spiro atoms. The minimum Gasteiger partial charge on any atom is -0.373 e. The lowest BCUT2D eigenvalue weighted by atomic mass is 9.88. The Morgan fingerprint density at radius 3 is 2.06 bits per heavy atom. The van der Waals surface area contributed by atoms with E-state index in [2.05, 4.69) is 0 Å². The van der Waals surface area contributed by atoms with Gasteiger partial charge in [0.2, 0.25) is 0 Å².